The smallest absolute Gasteiger partial charge is 0.335 e. The molecule has 2 saturated carbocycles. The van der Waals surface area contributed by atoms with Crippen LogP contribution in [-0.2, 0) is 0 Å². The van der Waals surface area contributed by atoms with Crippen molar-refractivity contribution in [2.75, 3.05) is 5.32 Å². The molecule has 32 heavy (non-hydrogen) atoms. The number of hydrogen-bond donors (Lipinski definition) is 2. The van der Waals surface area contributed by atoms with Crippen LogP contribution in [0.2, 0.25) is 0 Å². The van der Waals surface area contributed by atoms with Gasteiger partial charge in [0.05, 0.1) is 11.6 Å². The first kappa shape index (κ1) is 18.3. The summed E-state index contributed by atoms with van der Waals surface area (Å²) in [6.45, 7) is 0. The Morgan fingerprint density at radius 2 is 1.53 bits per heavy atom. The van der Waals surface area contributed by atoms with E-state index in [4.69, 9.17) is 0 Å². The predicted octanol–water partition coefficient (Wildman–Crippen LogP) is 6.99. The number of anilines is 1. The first-order valence-corrected chi connectivity index (χ1v) is 11.7. The normalized spacial score (nSPS) is 27.8. The molecule has 0 amide bonds. The molecular weight excluding hydrogens is 394 g/mol. The van der Waals surface area contributed by atoms with E-state index in [0.717, 1.165) is 5.69 Å². The van der Waals surface area contributed by atoms with Gasteiger partial charge in [0, 0.05) is 5.69 Å². The minimum atomic E-state index is -0.838. The van der Waals surface area contributed by atoms with Crippen LogP contribution in [0, 0.1) is 17.8 Å². The van der Waals surface area contributed by atoms with E-state index in [1.54, 1.807) is 6.07 Å². The number of rotatable bonds is 2. The third-order valence-electron chi connectivity index (χ3n) is 8.46. The van der Waals surface area contributed by atoms with Crippen molar-refractivity contribution in [1.82, 2.24) is 0 Å². The summed E-state index contributed by atoms with van der Waals surface area (Å²) in [7, 11) is 0. The van der Waals surface area contributed by atoms with Crippen LogP contribution in [0.5, 0.6) is 0 Å². The molecule has 0 spiro atoms. The summed E-state index contributed by atoms with van der Waals surface area (Å²) in [6, 6.07) is 25.8. The van der Waals surface area contributed by atoms with Crippen molar-refractivity contribution in [2.24, 2.45) is 17.8 Å². The zero-order valence-corrected chi connectivity index (χ0v) is 17.8. The van der Waals surface area contributed by atoms with Crippen molar-refractivity contribution in [3.63, 3.8) is 0 Å². The quantitative estimate of drug-likeness (QED) is 0.344. The SMILES string of the molecule is O=C(O)c1ccc2c(c1)[C@@H]1[C@H]3CC[C@@H](C3)[C@@H]1[C@@H](c1c3ccccc3cc3ccccc13)N2. The zero-order chi connectivity index (χ0) is 21.4. The van der Waals surface area contributed by atoms with Crippen LogP contribution >= 0.6 is 0 Å². The fourth-order valence-corrected chi connectivity index (χ4v) is 7.29. The largest absolute Gasteiger partial charge is 0.478 e. The van der Waals surface area contributed by atoms with Gasteiger partial charge >= 0.3 is 5.97 Å². The van der Waals surface area contributed by atoms with Crippen molar-refractivity contribution in [1.29, 1.82) is 0 Å². The maximum Gasteiger partial charge on any atom is 0.335 e. The molecule has 7 rings (SSSR count). The number of nitrogens with one attached hydrogen (secondary N) is 1. The average molecular weight is 420 g/mol. The third kappa shape index (κ3) is 2.45. The number of hydrogen-bond acceptors (Lipinski definition) is 2. The number of carboxylic acid groups (broad SMARTS) is 1. The van der Waals surface area contributed by atoms with Gasteiger partial charge in [-0.25, -0.2) is 4.79 Å². The van der Waals surface area contributed by atoms with Crippen LogP contribution in [-0.4, -0.2) is 11.1 Å². The van der Waals surface area contributed by atoms with E-state index >= 15 is 0 Å². The van der Waals surface area contributed by atoms with Crippen LogP contribution < -0.4 is 5.32 Å². The van der Waals surface area contributed by atoms with Crippen molar-refractivity contribution in [2.45, 2.75) is 31.2 Å². The van der Waals surface area contributed by atoms with E-state index in [9.17, 15) is 9.90 Å². The molecule has 5 atom stereocenters. The summed E-state index contributed by atoms with van der Waals surface area (Å²) in [4.78, 5) is 11.7. The van der Waals surface area contributed by atoms with Crippen LogP contribution in [0.4, 0.5) is 5.69 Å². The highest BCUT2D eigenvalue weighted by Gasteiger charge is 2.54. The Morgan fingerprint density at radius 1 is 0.844 bits per heavy atom. The van der Waals surface area contributed by atoms with E-state index in [-0.39, 0.29) is 6.04 Å². The summed E-state index contributed by atoms with van der Waals surface area (Å²) in [5, 5.41) is 18.8. The topological polar surface area (TPSA) is 49.3 Å². The van der Waals surface area contributed by atoms with E-state index in [0.29, 0.717) is 29.2 Å². The summed E-state index contributed by atoms with van der Waals surface area (Å²) in [5.41, 5.74) is 4.16. The van der Waals surface area contributed by atoms with Gasteiger partial charge in [0.2, 0.25) is 0 Å². The predicted molar refractivity (Wildman–Crippen MR) is 128 cm³/mol. The Balaban J connectivity index is 1.50. The highest BCUT2D eigenvalue weighted by Crippen LogP contribution is 2.64. The Kier molecular flexibility index (Phi) is 3.76. The molecule has 0 saturated heterocycles. The number of carboxylic acids is 1. The lowest BCUT2D eigenvalue weighted by Crippen LogP contribution is -2.35. The molecule has 1 aliphatic heterocycles. The molecule has 2 fully saturated rings. The molecule has 3 nitrogen and oxygen atoms in total. The minimum Gasteiger partial charge on any atom is -0.478 e. The first-order chi connectivity index (χ1) is 15.7. The Morgan fingerprint density at radius 3 is 2.25 bits per heavy atom. The molecule has 1 heterocycles. The molecular formula is C29H25NO2. The molecule has 3 heteroatoms. The lowest BCUT2D eigenvalue weighted by atomic mass is 9.67. The Labute approximate surface area is 187 Å². The third-order valence-corrected chi connectivity index (χ3v) is 8.46. The summed E-state index contributed by atoms with van der Waals surface area (Å²) >= 11 is 0. The average Bonchev–Trinajstić information content (AvgIpc) is 3.44. The van der Waals surface area contributed by atoms with Gasteiger partial charge in [0.1, 0.15) is 0 Å². The van der Waals surface area contributed by atoms with E-state index < -0.39 is 5.97 Å². The fraction of sp³-hybridized carbons (Fsp3) is 0.276. The van der Waals surface area contributed by atoms with Crippen molar-refractivity contribution >= 4 is 33.2 Å². The molecule has 2 N–H and O–H groups in total. The highest BCUT2D eigenvalue weighted by atomic mass is 16.4. The van der Waals surface area contributed by atoms with E-state index in [2.05, 4.69) is 59.9 Å². The van der Waals surface area contributed by atoms with E-state index in [1.165, 1.54) is 51.9 Å². The van der Waals surface area contributed by atoms with Crippen molar-refractivity contribution < 1.29 is 9.90 Å². The van der Waals surface area contributed by atoms with Gasteiger partial charge in [-0.15, -0.1) is 0 Å². The Hall–Kier alpha value is -3.33. The van der Waals surface area contributed by atoms with E-state index in [1.807, 2.05) is 12.1 Å². The lowest BCUT2D eigenvalue weighted by Gasteiger charge is -2.44. The molecule has 0 aromatic heterocycles. The number of aromatic carboxylic acids is 1. The maximum atomic E-state index is 11.7. The lowest BCUT2D eigenvalue weighted by molar-refractivity contribution is 0.0696. The molecule has 158 valence electrons. The van der Waals surface area contributed by atoms with Crippen molar-refractivity contribution in [3.8, 4) is 0 Å². The van der Waals surface area contributed by atoms with Gasteiger partial charge in [0.25, 0.3) is 0 Å². The Bertz CT molecular complexity index is 1350. The van der Waals surface area contributed by atoms with Crippen LogP contribution in [0.15, 0.2) is 72.8 Å². The van der Waals surface area contributed by atoms with Crippen molar-refractivity contribution in [3.05, 3.63) is 89.5 Å². The molecule has 4 aromatic rings. The highest BCUT2D eigenvalue weighted by molar-refractivity contribution is 6.03. The van der Waals surface area contributed by atoms with Gasteiger partial charge in [-0.2, -0.15) is 0 Å². The molecule has 4 aromatic carbocycles. The number of fused-ring (bicyclic) bond motifs is 9. The molecule has 2 aliphatic carbocycles. The second-order valence-corrected chi connectivity index (χ2v) is 9.90. The van der Waals surface area contributed by atoms with Crippen LogP contribution in [0.25, 0.3) is 21.5 Å². The fourth-order valence-electron chi connectivity index (χ4n) is 7.29. The van der Waals surface area contributed by atoms with Crippen LogP contribution in [0.3, 0.4) is 0 Å². The molecule has 0 radical (unpaired) electrons. The summed E-state index contributed by atoms with van der Waals surface area (Å²) in [6.07, 6.45) is 3.83. The summed E-state index contributed by atoms with van der Waals surface area (Å²) < 4.78 is 0. The molecule has 3 aliphatic rings. The zero-order valence-electron chi connectivity index (χ0n) is 17.8. The second-order valence-electron chi connectivity index (χ2n) is 9.90. The van der Waals surface area contributed by atoms with Gasteiger partial charge in [-0.05, 0) is 99.9 Å². The maximum absolute atomic E-state index is 11.7. The molecule has 2 bridgehead atoms. The number of benzene rings is 4. The van der Waals surface area contributed by atoms with Gasteiger partial charge < -0.3 is 10.4 Å². The summed E-state index contributed by atoms with van der Waals surface area (Å²) in [5.74, 6) is 1.46. The van der Waals surface area contributed by atoms with Gasteiger partial charge in [-0.1, -0.05) is 48.5 Å². The van der Waals surface area contributed by atoms with Gasteiger partial charge in [-0.3, -0.25) is 0 Å². The monoisotopic (exact) mass is 419 g/mol. The van der Waals surface area contributed by atoms with Gasteiger partial charge in [0.15, 0.2) is 0 Å². The first-order valence-electron chi connectivity index (χ1n) is 11.7. The minimum absolute atomic E-state index is 0.231. The second kappa shape index (κ2) is 6.59. The van der Waals surface area contributed by atoms with Crippen LogP contribution in [0.1, 0.15) is 52.7 Å². The molecule has 0 unspecified atom stereocenters. The number of carbonyl (C=O) groups is 1. The standard InChI is InChI=1S/C29H25NO2/c31-29(32)20-11-12-24-23(15-20)25-18-9-10-19(14-18)26(25)28(30-24)27-21-7-3-1-5-16(21)13-17-6-2-4-8-22(17)27/h1-8,11-13,15,18-19,25-26,28,30H,9-10,14H2,(H,31,32)/t18-,19-,25-,26-,28-/m0/s1.